The summed E-state index contributed by atoms with van der Waals surface area (Å²) in [7, 11) is 0. The lowest BCUT2D eigenvalue weighted by molar-refractivity contribution is -0.112. The van der Waals surface area contributed by atoms with Gasteiger partial charge in [0.2, 0.25) is 0 Å². The van der Waals surface area contributed by atoms with Gasteiger partial charge in [-0.1, -0.05) is 25.3 Å². The number of hydrogen-bond donors (Lipinski definition) is 3. The molecule has 2 rings (SSSR count). The molecule has 1 aromatic carbocycles. The predicted molar refractivity (Wildman–Crippen MR) is 85.7 cm³/mol. The SMILES string of the molecule is N#C/C(=C/NC1CCCCC1)C(=O)Nc1cccc(C(=O)O)c1. The lowest BCUT2D eigenvalue weighted by atomic mass is 9.96. The van der Waals surface area contributed by atoms with Crippen LogP contribution < -0.4 is 10.6 Å². The molecule has 1 aliphatic carbocycles. The molecule has 1 amide bonds. The van der Waals surface area contributed by atoms with Crippen molar-refractivity contribution in [1.29, 1.82) is 5.26 Å². The van der Waals surface area contributed by atoms with Gasteiger partial charge in [-0.15, -0.1) is 0 Å². The largest absolute Gasteiger partial charge is 0.478 e. The van der Waals surface area contributed by atoms with Gasteiger partial charge in [0.25, 0.3) is 5.91 Å². The van der Waals surface area contributed by atoms with E-state index in [9.17, 15) is 9.59 Å². The van der Waals surface area contributed by atoms with Gasteiger partial charge in [0.1, 0.15) is 11.6 Å². The highest BCUT2D eigenvalue weighted by molar-refractivity contribution is 6.06. The zero-order chi connectivity index (χ0) is 16.7. The molecule has 1 saturated carbocycles. The third kappa shape index (κ3) is 4.85. The second-order valence-corrected chi connectivity index (χ2v) is 5.51. The van der Waals surface area contributed by atoms with Crippen molar-refractivity contribution in [3.05, 3.63) is 41.6 Å². The smallest absolute Gasteiger partial charge is 0.335 e. The molecule has 1 fully saturated rings. The van der Waals surface area contributed by atoms with Crippen LogP contribution >= 0.6 is 0 Å². The molecule has 6 nitrogen and oxygen atoms in total. The van der Waals surface area contributed by atoms with Crippen molar-refractivity contribution in [1.82, 2.24) is 5.32 Å². The molecule has 0 atom stereocenters. The van der Waals surface area contributed by atoms with E-state index >= 15 is 0 Å². The normalized spacial score (nSPS) is 15.5. The van der Waals surface area contributed by atoms with Crippen LogP contribution in [0.3, 0.4) is 0 Å². The van der Waals surface area contributed by atoms with Gasteiger partial charge in [0.15, 0.2) is 0 Å². The first-order valence-corrected chi connectivity index (χ1v) is 7.61. The summed E-state index contributed by atoms with van der Waals surface area (Å²) >= 11 is 0. The summed E-state index contributed by atoms with van der Waals surface area (Å²) in [6.45, 7) is 0. The molecule has 0 unspecified atom stereocenters. The van der Waals surface area contributed by atoms with Crippen LogP contribution in [0.25, 0.3) is 0 Å². The highest BCUT2D eigenvalue weighted by atomic mass is 16.4. The summed E-state index contributed by atoms with van der Waals surface area (Å²) in [6, 6.07) is 8.07. The first-order valence-electron chi connectivity index (χ1n) is 7.61. The number of carboxylic acid groups (broad SMARTS) is 1. The number of benzene rings is 1. The maximum Gasteiger partial charge on any atom is 0.335 e. The molecule has 23 heavy (non-hydrogen) atoms. The van der Waals surface area contributed by atoms with Crippen molar-refractivity contribution in [3.8, 4) is 6.07 Å². The number of hydrogen-bond acceptors (Lipinski definition) is 4. The zero-order valence-corrected chi connectivity index (χ0v) is 12.7. The number of carbonyl (C=O) groups excluding carboxylic acids is 1. The third-order valence-electron chi connectivity index (χ3n) is 3.80. The fourth-order valence-corrected chi connectivity index (χ4v) is 2.55. The number of amides is 1. The monoisotopic (exact) mass is 313 g/mol. The Morgan fingerprint density at radius 1 is 1.26 bits per heavy atom. The summed E-state index contributed by atoms with van der Waals surface area (Å²) in [5.41, 5.74) is 0.385. The summed E-state index contributed by atoms with van der Waals surface area (Å²) in [6.07, 6.45) is 7.07. The summed E-state index contributed by atoms with van der Waals surface area (Å²) < 4.78 is 0. The Bertz CT molecular complexity index is 655. The van der Waals surface area contributed by atoms with Gasteiger partial charge in [-0.25, -0.2) is 4.79 Å². The van der Waals surface area contributed by atoms with E-state index in [1.807, 2.05) is 6.07 Å². The Morgan fingerprint density at radius 2 is 2.00 bits per heavy atom. The fourth-order valence-electron chi connectivity index (χ4n) is 2.55. The third-order valence-corrected chi connectivity index (χ3v) is 3.80. The number of nitriles is 1. The number of nitrogens with one attached hydrogen (secondary N) is 2. The summed E-state index contributed by atoms with van der Waals surface area (Å²) in [5.74, 6) is -1.63. The molecule has 1 aliphatic rings. The topological polar surface area (TPSA) is 102 Å². The van der Waals surface area contributed by atoms with Crippen LogP contribution in [-0.2, 0) is 4.79 Å². The lowest BCUT2D eigenvalue weighted by Gasteiger charge is -2.21. The average molecular weight is 313 g/mol. The minimum absolute atomic E-state index is 0.0312. The van der Waals surface area contributed by atoms with E-state index in [2.05, 4.69) is 10.6 Å². The van der Waals surface area contributed by atoms with E-state index in [1.165, 1.54) is 30.8 Å². The molecule has 0 saturated heterocycles. The highest BCUT2D eigenvalue weighted by Crippen LogP contribution is 2.17. The van der Waals surface area contributed by atoms with Crippen molar-refractivity contribution in [2.75, 3.05) is 5.32 Å². The molecule has 0 heterocycles. The van der Waals surface area contributed by atoms with E-state index in [0.29, 0.717) is 11.7 Å². The van der Waals surface area contributed by atoms with E-state index in [0.717, 1.165) is 25.7 Å². The molecular weight excluding hydrogens is 294 g/mol. The zero-order valence-electron chi connectivity index (χ0n) is 12.7. The van der Waals surface area contributed by atoms with Crippen LogP contribution in [0.15, 0.2) is 36.0 Å². The quantitative estimate of drug-likeness (QED) is 0.573. The van der Waals surface area contributed by atoms with Gasteiger partial charge >= 0.3 is 5.97 Å². The number of carboxylic acids is 1. The molecule has 0 radical (unpaired) electrons. The molecule has 3 N–H and O–H groups in total. The molecule has 0 aliphatic heterocycles. The van der Waals surface area contributed by atoms with Crippen LogP contribution in [-0.4, -0.2) is 23.0 Å². The Kier molecular flexibility index (Phi) is 5.75. The number of nitrogens with zero attached hydrogens (tertiary/aromatic N) is 1. The number of anilines is 1. The summed E-state index contributed by atoms with van der Waals surface area (Å²) in [4.78, 5) is 23.0. The van der Waals surface area contributed by atoms with Crippen molar-refractivity contribution in [3.63, 3.8) is 0 Å². The van der Waals surface area contributed by atoms with Crippen LogP contribution in [0.2, 0.25) is 0 Å². The maximum absolute atomic E-state index is 12.1. The molecule has 0 aromatic heterocycles. The fraction of sp³-hybridized carbons (Fsp3) is 0.353. The van der Waals surface area contributed by atoms with Crippen LogP contribution in [0, 0.1) is 11.3 Å². The standard InChI is InChI=1S/C17H19N3O3/c18-10-13(11-19-14-6-2-1-3-7-14)16(21)20-15-8-4-5-12(9-15)17(22)23/h4-5,8-9,11,14,19H,1-3,6-7H2,(H,20,21)(H,22,23)/b13-11-. The second-order valence-electron chi connectivity index (χ2n) is 5.51. The predicted octanol–water partition coefficient (Wildman–Crippen LogP) is 2.65. The minimum Gasteiger partial charge on any atom is -0.478 e. The van der Waals surface area contributed by atoms with Gasteiger partial charge in [-0.2, -0.15) is 5.26 Å². The molecule has 1 aromatic rings. The van der Waals surface area contributed by atoms with Crippen LogP contribution in [0.5, 0.6) is 0 Å². The minimum atomic E-state index is -1.07. The van der Waals surface area contributed by atoms with E-state index in [1.54, 1.807) is 6.07 Å². The molecule has 6 heteroatoms. The number of rotatable bonds is 5. The van der Waals surface area contributed by atoms with Gasteiger partial charge in [0.05, 0.1) is 5.56 Å². The van der Waals surface area contributed by atoms with Crippen molar-refractivity contribution in [2.45, 2.75) is 38.1 Å². The molecule has 120 valence electrons. The Balaban J connectivity index is 2.00. The first-order chi connectivity index (χ1) is 11.1. The Labute approximate surface area is 134 Å². The molecule has 0 spiro atoms. The molecule has 0 bridgehead atoms. The van der Waals surface area contributed by atoms with E-state index < -0.39 is 11.9 Å². The Morgan fingerprint density at radius 3 is 2.65 bits per heavy atom. The van der Waals surface area contributed by atoms with Gasteiger partial charge in [-0.3, -0.25) is 4.79 Å². The molecular formula is C17H19N3O3. The van der Waals surface area contributed by atoms with Gasteiger partial charge in [0, 0.05) is 17.9 Å². The number of aromatic carboxylic acids is 1. The highest BCUT2D eigenvalue weighted by Gasteiger charge is 2.14. The second kappa shape index (κ2) is 7.99. The van der Waals surface area contributed by atoms with Gasteiger partial charge in [-0.05, 0) is 31.0 Å². The lowest BCUT2D eigenvalue weighted by Crippen LogP contribution is -2.28. The van der Waals surface area contributed by atoms with Gasteiger partial charge < -0.3 is 15.7 Å². The summed E-state index contributed by atoms with van der Waals surface area (Å²) in [5, 5.41) is 23.7. The first kappa shape index (κ1) is 16.6. The van der Waals surface area contributed by atoms with E-state index in [-0.39, 0.29) is 11.1 Å². The maximum atomic E-state index is 12.1. The van der Waals surface area contributed by atoms with Crippen molar-refractivity contribution in [2.24, 2.45) is 0 Å². The van der Waals surface area contributed by atoms with E-state index in [4.69, 9.17) is 10.4 Å². The Hall–Kier alpha value is -2.81. The van der Waals surface area contributed by atoms with Crippen molar-refractivity contribution < 1.29 is 14.7 Å². The number of carbonyl (C=O) groups is 2. The van der Waals surface area contributed by atoms with Crippen LogP contribution in [0.1, 0.15) is 42.5 Å². The van der Waals surface area contributed by atoms with Crippen LogP contribution in [0.4, 0.5) is 5.69 Å². The van der Waals surface area contributed by atoms with Crippen molar-refractivity contribution >= 4 is 17.6 Å². The average Bonchev–Trinajstić information content (AvgIpc) is 2.56.